The van der Waals surface area contributed by atoms with Gasteiger partial charge in [-0.1, -0.05) is 18.9 Å². The van der Waals surface area contributed by atoms with E-state index in [1.807, 2.05) is 12.1 Å². The van der Waals surface area contributed by atoms with Crippen molar-refractivity contribution in [2.75, 3.05) is 7.11 Å². The lowest BCUT2D eigenvalue weighted by molar-refractivity contribution is 0.101. The molecule has 0 aliphatic heterocycles. The zero-order chi connectivity index (χ0) is 13.8. The van der Waals surface area contributed by atoms with E-state index >= 15 is 0 Å². The molecule has 0 saturated heterocycles. The Kier molecular flexibility index (Phi) is 4.88. The van der Waals surface area contributed by atoms with Crippen molar-refractivity contribution in [3.05, 3.63) is 23.8 Å². The summed E-state index contributed by atoms with van der Waals surface area (Å²) >= 11 is 1.66. The van der Waals surface area contributed by atoms with Gasteiger partial charge in [-0.3, -0.25) is 4.79 Å². The van der Waals surface area contributed by atoms with Crippen LogP contribution in [0.1, 0.15) is 43.0 Å². The summed E-state index contributed by atoms with van der Waals surface area (Å²) in [5, 5.41) is 10.2. The Labute approximate surface area is 118 Å². The van der Waals surface area contributed by atoms with Crippen molar-refractivity contribution in [1.29, 1.82) is 0 Å². The van der Waals surface area contributed by atoms with Gasteiger partial charge in [0.05, 0.1) is 13.2 Å². The molecule has 1 saturated carbocycles. The maximum Gasteiger partial charge on any atom is 0.159 e. The number of carbonyl (C=O) groups is 1. The molecule has 104 valence electrons. The molecule has 1 aromatic rings. The molecule has 3 nitrogen and oxygen atoms in total. The first-order valence-corrected chi connectivity index (χ1v) is 7.53. The standard InChI is InChI=1S/C15H20O3S/c1-10(16)11-7-8-15(13(9-11)18-2)19-14-6-4-3-5-12(14)17/h7-9,12,14,17H,3-6H2,1-2H3/t12-,14+/m0/s1. The van der Waals surface area contributed by atoms with Gasteiger partial charge in [-0.25, -0.2) is 0 Å². The summed E-state index contributed by atoms with van der Waals surface area (Å²) in [5.41, 5.74) is 0.658. The Balaban J connectivity index is 2.17. The van der Waals surface area contributed by atoms with Crippen molar-refractivity contribution in [3.63, 3.8) is 0 Å². The number of carbonyl (C=O) groups excluding carboxylic acids is 1. The Bertz CT molecular complexity index is 459. The number of aliphatic hydroxyl groups excluding tert-OH is 1. The van der Waals surface area contributed by atoms with Crippen LogP contribution in [0.2, 0.25) is 0 Å². The number of rotatable bonds is 4. The van der Waals surface area contributed by atoms with Gasteiger partial charge in [0.25, 0.3) is 0 Å². The number of methoxy groups -OCH3 is 1. The van der Waals surface area contributed by atoms with E-state index in [2.05, 4.69) is 0 Å². The predicted molar refractivity (Wildman–Crippen MR) is 77.1 cm³/mol. The molecular formula is C15H20O3S. The molecule has 1 aliphatic rings. The lowest BCUT2D eigenvalue weighted by atomic mass is 9.97. The minimum atomic E-state index is -0.240. The van der Waals surface area contributed by atoms with Gasteiger partial charge in [0.15, 0.2) is 5.78 Å². The first kappa shape index (κ1) is 14.4. The van der Waals surface area contributed by atoms with Gasteiger partial charge in [0, 0.05) is 15.7 Å². The van der Waals surface area contributed by atoms with E-state index in [0.29, 0.717) is 5.56 Å². The van der Waals surface area contributed by atoms with E-state index in [1.165, 1.54) is 6.42 Å². The van der Waals surface area contributed by atoms with Crippen LogP contribution >= 0.6 is 11.8 Å². The third-order valence-corrected chi connectivity index (χ3v) is 4.96. The highest BCUT2D eigenvalue weighted by atomic mass is 32.2. The van der Waals surface area contributed by atoms with Crippen molar-refractivity contribution in [3.8, 4) is 5.75 Å². The monoisotopic (exact) mass is 280 g/mol. The lowest BCUT2D eigenvalue weighted by Crippen LogP contribution is -2.26. The van der Waals surface area contributed by atoms with Gasteiger partial charge in [-0.05, 0) is 31.9 Å². The summed E-state index contributed by atoms with van der Waals surface area (Å²) in [7, 11) is 1.61. The second-order valence-corrected chi connectivity index (χ2v) is 6.21. The van der Waals surface area contributed by atoms with Crippen LogP contribution in [0.25, 0.3) is 0 Å². The van der Waals surface area contributed by atoms with E-state index in [1.54, 1.807) is 31.9 Å². The maximum atomic E-state index is 11.4. The van der Waals surface area contributed by atoms with Crippen LogP contribution in [0, 0.1) is 0 Å². The Morgan fingerprint density at radius 3 is 2.74 bits per heavy atom. The average molecular weight is 280 g/mol. The minimum absolute atomic E-state index is 0.0348. The van der Waals surface area contributed by atoms with E-state index < -0.39 is 0 Å². The Morgan fingerprint density at radius 2 is 2.11 bits per heavy atom. The molecule has 0 amide bonds. The largest absolute Gasteiger partial charge is 0.496 e. The minimum Gasteiger partial charge on any atom is -0.496 e. The van der Waals surface area contributed by atoms with Gasteiger partial charge in [-0.2, -0.15) is 0 Å². The molecule has 2 rings (SSSR count). The summed E-state index contributed by atoms with van der Waals surface area (Å²) in [5.74, 6) is 0.753. The van der Waals surface area contributed by atoms with Gasteiger partial charge in [0.2, 0.25) is 0 Å². The van der Waals surface area contributed by atoms with Crippen molar-refractivity contribution < 1.29 is 14.6 Å². The normalized spacial score (nSPS) is 23.1. The molecule has 1 aliphatic carbocycles. The quantitative estimate of drug-likeness (QED) is 0.860. The molecule has 0 spiro atoms. The molecule has 0 aromatic heterocycles. The van der Waals surface area contributed by atoms with Crippen LogP contribution < -0.4 is 4.74 Å². The predicted octanol–water partition coefficient (Wildman–Crippen LogP) is 3.29. The van der Waals surface area contributed by atoms with Crippen LogP contribution in [0.15, 0.2) is 23.1 Å². The summed E-state index contributed by atoms with van der Waals surface area (Å²) in [4.78, 5) is 12.4. The van der Waals surface area contributed by atoms with Gasteiger partial charge in [-0.15, -0.1) is 11.8 Å². The first-order chi connectivity index (χ1) is 9.11. The van der Waals surface area contributed by atoms with E-state index in [-0.39, 0.29) is 17.1 Å². The fourth-order valence-electron chi connectivity index (χ4n) is 2.36. The number of ketones is 1. The van der Waals surface area contributed by atoms with E-state index in [9.17, 15) is 9.90 Å². The second kappa shape index (κ2) is 6.44. The molecular weight excluding hydrogens is 260 g/mol. The highest BCUT2D eigenvalue weighted by Gasteiger charge is 2.25. The van der Waals surface area contributed by atoms with Crippen LogP contribution in [-0.4, -0.2) is 29.4 Å². The van der Waals surface area contributed by atoms with Gasteiger partial charge < -0.3 is 9.84 Å². The zero-order valence-corrected chi connectivity index (χ0v) is 12.2. The number of aliphatic hydroxyl groups is 1. The van der Waals surface area contributed by atoms with Crippen LogP contribution in [0.3, 0.4) is 0 Å². The highest BCUT2D eigenvalue weighted by Crippen LogP contribution is 2.38. The molecule has 1 aromatic carbocycles. The van der Waals surface area contributed by atoms with Crippen molar-refractivity contribution in [1.82, 2.24) is 0 Å². The number of ether oxygens (including phenoxy) is 1. The molecule has 1 fully saturated rings. The molecule has 0 heterocycles. The number of Topliss-reactive ketones (excluding diaryl/α,β-unsaturated/α-hetero) is 1. The zero-order valence-electron chi connectivity index (χ0n) is 11.4. The average Bonchev–Trinajstić information content (AvgIpc) is 2.41. The van der Waals surface area contributed by atoms with Crippen molar-refractivity contribution >= 4 is 17.5 Å². The summed E-state index contributed by atoms with van der Waals surface area (Å²) in [6.45, 7) is 1.55. The lowest BCUT2D eigenvalue weighted by Gasteiger charge is -2.27. The highest BCUT2D eigenvalue weighted by molar-refractivity contribution is 8.00. The second-order valence-electron chi connectivity index (χ2n) is 4.93. The third-order valence-electron chi connectivity index (χ3n) is 3.52. The van der Waals surface area contributed by atoms with E-state index in [4.69, 9.17) is 4.74 Å². The van der Waals surface area contributed by atoms with Crippen LogP contribution in [-0.2, 0) is 0 Å². The van der Waals surface area contributed by atoms with Gasteiger partial charge in [0.1, 0.15) is 5.75 Å². The van der Waals surface area contributed by atoms with Crippen molar-refractivity contribution in [2.24, 2.45) is 0 Å². The number of benzene rings is 1. The summed E-state index contributed by atoms with van der Waals surface area (Å²) < 4.78 is 5.36. The molecule has 2 atom stereocenters. The van der Waals surface area contributed by atoms with Crippen LogP contribution in [0.4, 0.5) is 0 Å². The first-order valence-electron chi connectivity index (χ1n) is 6.65. The summed E-state index contributed by atoms with van der Waals surface area (Å²) in [6, 6.07) is 5.52. The fourth-order valence-corrected chi connectivity index (χ4v) is 3.67. The third kappa shape index (κ3) is 3.51. The fraction of sp³-hybridized carbons (Fsp3) is 0.533. The molecule has 19 heavy (non-hydrogen) atoms. The molecule has 0 unspecified atom stereocenters. The van der Waals surface area contributed by atoms with Gasteiger partial charge >= 0.3 is 0 Å². The molecule has 4 heteroatoms. The smallest absolute Gasteiger partial charge is 0.159 e. The molecule has 0 bridgehead atoms. The van der Waals surface area contributed by atoms with Crippen LogP contribution in [0.5, 0.6) is 5.75 Å². The maximum absolute atomic E-state index is 11.4. The SMILES string of the molecule is COc1cc(C(C)=O)ccc1S[C@@H]1CCCC[C@@H]1O. The van der Waals surface area contributed by atoms with Crippen molar-refractivity contribution in [2.45, 2.75) is 48.9 Å². The Morgan fingerprint density at radius 1 is 1.37 bits per heavy atom. The molecule has 1 N–H and O–H groups in total. The number of hydrogen-bond donors (Lipinski definition) is 1. The number of thioether (sulfide) groups is 1. The number of hydrogen-bond acceptors (Lipinski definition) is 4. The molecule has 0 radical (unpaired) electrons. The Hall–Kier alpha value is -1.00. The van der Waals surface area contributed by atoms with E-state index in [0.717, 1.165) is 29.9 Å². The topological polar surface area (TPSA) is 46.5 Å². The summed E-state index contributed by atoms with van der Waals surface area (Å²) in [6.07, 6.45) is 3.95.